The molecule has 0 saturated carbocycles. The van der Waals surface area contributed by atoms with Crippen molar-refractivity contribution >= 4 is 34.0 Å². The SMILES string of the molecule is COCCNC(=O)CN(C)c1nc(-c2ccsc2)nc2ccccc12. The normalized spacial score (nSPS) is 10.8. The summed E-state index contributed by atoms with van der Waals surface area (Å²) in [7, 11) is 3.47. The summed E-state index contributed by atoms with van der Waals surface area (Å²) >= 11 is 1.61. The molecule has 0 atom stereocenters. The molecule has 0 aliphatic carbocycles. The molecule has 6 nitrogen and oxygen atoms in total. The van der Waals surface area contributed by atoms with Crippen molar-refractivity contribution in [3.05, 3.63) is 41.1 Å². The summed E-state index contributed by atoms with van der Waals surface area (Å²) < 4.78 is 4.95. The average Bonchev–Trinajstić information content (AvgIpc) is 3.15. The lowest BCUT2D eigenvalue weighted by Gasteiger charge is -2.20. The van der Waals surface area contributed by atoms with Crippen molar-refractivity contribution in [1.29, 1.82) is 0 Å². The van der Waals surface area contributed by atoms with Gasteiger partial charge in [-0.25, -0.2) is 9.97 Å². The van der Waals surface area contributed by atoms with E-state index >= 15 is 0 Å². The van der Waals surface area contributed by atoms with Gasteiger partial charge in [-0.1, -0.05) is 12.1 Å². The van der Waals surface area contributed by atoms with Crippen molar-refractivity contribution in [2.24, 2.45) is 0 Å². The quantitative estimate of drug-likeness (QED) is 0.659. The van der Waals surface area contributed by atoms with Crippen LogP contribution in [0.1, 0.15) is 0 Å². The first-order valence-electron chi connectivity index (χ1n) is 7.95. The molecule has 1 aromatic carbocycles. The van der Waals surface area contributed by atoms with Gasteiger partial charge in [0.2, 0.25) is 5.91 Å². The third-order valence-corrected chi connectivity index (χ3v) is 4.42. The van der Waals surface area contributed by atoms with Crippen LogP contribution in [0.15, 0.2) is 41.1 Å². The molecule has 0 spiro atoms. The molecule has 1 N–H and O–H groups in total. The Kier molecular flexibility index (Phi) is 5.57. The van der Waals surface area contributed by atoms with E-state index in [1.54, 1.807) is 18.4 Å². The minimum absolute atomic E-state index is 0.0701. The lowest BCUT2D eigenvalue weighted by atomic mass is 10.2. The third kappa shape index (κ3) is 4.12. The predicted octanol–water partition coefficient (Wildman–Crippen LogP) is 2.56. The second-order valence-electron chi connectivity index (χ2n) is 5.60. The largest absolute Gasteiger partial charge is 0.383 e. The first-order chi connectivity index (χ1) is 12.2. The molecule has 130 valence electrons. The number of nitrogens with zero attached hydrogens (tertiary/aromatic N) is 3. The molecule has 0 unspecified atom stereocenters. The molecule has 0 aliphatic rings. The van der Waals surface area contributed by atoms with Crippen LogP contribution < -0.4 is 10.2 Å². The van der Waals surface area contributed by atoms with Gasteiger partial charge < -0.3 is 15.0 Å². The van der Waals surface area contributed by atoms with Crippen LogP contribution in [-0.2, 0) is 9.53 Å². The first-order valence-corrected chi connectivity index (χ1v) is 8.89. The van der Waals surface area contributed by atoms with Gasteiger partial charge in [0.15, 0.2) is 5.82 Å². The second-order valence-corrected chi connectivity index (χ2v) is 6.38. The summed E-state index contributed by atoms with van der Waals surface area (Å²) in [5, 5.41) is 7.77. The lowest BCUT2D eigenvalue weighted by molar-refractivity contribution is -0.119. The van der Waals surface area contributed by atoms with Gasteiger partial charge in [0, 0.05) is 37.0 Å². The van der Waals surface area contributed by atoms with E-state index in [2.05, 4.69) is 10.3 Å². The maximum atomic E-state index is 12.1. The Morgan fingerprint density at radius 2 is 2.12 bits per heavy atom. The Morgan fingerprint density at radius 1 is 1.28 bits per heavy atom. The van der Waals surface area contributed by atoms with Gasteiger partial charge in [0.05, 0.1) is 18.7 Å². The zero-order valence-electron chi connectivity index (χ0n) is 14.2. The molecule has 2 aromatic heterocycles. The Hall–Kier alpha value is -2.51. The number of likely N-dealkylation sites (N-methyl/N-ethyl adjacent to an activating group) is 1. The molecule has 2 heterocycles. The van der Waals surface area contributed by atoms with Crippen molar-refractivity contribution in [3.8, 4) is 11.4 Å². The van der Waals surface area contributed by atoms with Crippen LogP contribution in [0.5, 0.6) is 0 Å². The van der Waals surface area contributed by atoms with Gasteiger partial charge >= 0.3 is 0 Å². The third-order valence-electron chi connectivity index (χ3n) is 3.73. The number of thiophene rings is 1. The van der Waals surface area contributed by atoms with Gasteiger partial charge in [-0.05, 0) is 23.6 Å². The van der Waals surface area contributed by atoms with Crippen molar-refractivity contribution in [1.82, 2.24) is 15.3 Å². The highest BCUT2D eigenvalue weighted by atomic mass is 32.1. The number of fused-ring (bicyclic) bond motifs is 1. The number of nitrogens with one attached hydrogen (secondary N) is 1. The molecule has 0 radical (unpaired) electrons. The van der Waals surface area contributed by atoms with Crippen molar-refractivity contribution in [2.75, 3.05) is 38.8 Å². The summed E-state index contributed by atoms with van der Waals surface area (Å²) in [6.07, 6.45) is 0. The van der Waals surface area contributed by atoms with Gasteiger partial charge in [0.1, 0.15) is 5.82 Å². The Balaban J connectivity index is 1.90. The number of anilines is 1. The van der Waals surface area contributed by atoms with Crippen LogP contribution in [0, 0.1) is 0 Å². The number of hydrogen-bond donors (Lipinski definition) is 1. The average molecular weight is 356 g/mol. The van der Waals surface area contributed by atoms with Gasteiger partial charge in [-0.2, -0.15) is 11.3 Å². The summed E-state index contributed by atoms with van der Waals surface area (Å²) in [5.74, 6) is 1.34. The Morgan fingerprint density at radius 3 is 2.88 bits per heavy atom. The highest BCUT2D eigenvalue weighted by Gasteiger charge is 2.15. The minimum atomic E-state index is -0.0701. The summed E-state index contributed by atoms with van der Waals surface area (Å²) in [5.41, 5.74) is 1.84. The maximum Gasteiger partial charge on any atom is 0.239 e. The van der Waals surface area contributed by atoms with Crippen molar-refractivity contribution < 1.29 is 9.53 Å². The smallest absolute Gasteiger partial charge is 0.239 e. The molecular weight excluding hydrogens is 336 g/mol. The van der Waals surface area contributed by atoms with Gasteiger partial charge in [-0.15, -0.1) is 0 Å². The lowest BCUT2D eigenvalue weighted by Crippen LogP contribution is -2.37. The summed E-state index contributed by atoms with van der Waals surface area (Å²) in [6, 6.07) is 9.83. The zero-order chi connectivity index (χ0) is 17.6. The second kappa shape index (κ2) is 8.04. The topological polar surface area (TPSA) is 67.3 Å². The number of para-hydroxylation sites is 1. The molecular formula is C18H20N4O2S. The number of benzene rings is 1. The number of rotatable bonds is 7. The van der Waals surface area contributed by atoms with Crippen LogP contribution in [0.4, 0.5) is 5.82 Å². The fourth-order valence-electron chi connectivity index (χ4n) is 2.51. The maximum absolute atomic E-state index is 12.1. The molecule has 0 fully saturated rings. The fourth-order valence-corrected chi connectivity index (χ4v) is 3.14. The zero-order valence-corrected chi connectivity index (χ0v) is 15.0. The van der Waals surface area contributed by atoms with Crippen LogP contribution in [0.2, 0.25) is 0 Å². The van der Waals surface area contributed by atoms with Crippen LogP contribution >= 0.6 is 11.3 Å². The number of carbonyl (C=O) groups excluding carboxylic acids is 1. The molecule has 0 bridgehead atoms. The number of methoxy groups -OCH3 is 1. The summed E-state index contributed by atoms with van der Waals surface area (Å²) in [4.78, 5) is 23.3. The van der Waals surface area contributed by atoms with E-state index in [1.165, 1.54) is 0 Å². The van der Waals surface area contributed by atoms with E-state index < -0.39 is 0 Å². The Labute approximate surface area is 150 Å². The summed E-state index contributed by atoms with van der Waals surface area (Å²) in [6.45, 7) is 1.20. The molecule has 3 rings (SSSR count). The monoisotopic (exact) mass is 356 g/mol. The van der Waals surface area contributed by atoms with E-state index in [4.69, 9.17) is 9.72 Å². The van der Waals surface area contributed by atoms with E-state index in [1.807, 2.05) is 53.0 Å². The molecule has 1 amide bonds. The van der Waals surface area contributed by atoms with Crippen LogP contribution in [0.3, 0.4) is 0 Å². The van der Waals surface area contributed by atoms with E-state index in [0.717, 1.165) is 22.3 Å². The van der Waals surface area contributed by atoms with Gasteiger partial charge in [-0.3, -0.25) is 4.79 Å². The number of hydrogen-bond acceptors (Lipinski definition) is 6. The molecule has 0 saturated heterocycles. The number of amides is 1. The molecule has 0 aliphatic heterocycles. The Bertz CT molecular complexity index is 851. The van der Waals surface area contributed by atoms with E-state index in [-0.39, 0.29) is 12.5 Å². The predicted molar refractivity (Wildman–Crippen MR) is 101 cm³/mol. The molecule has 3 aromatic rings. The number of ether oxygens (including phenoxy) is 1. The van der Waals surface area contributed by atoms with Crippen LogP contribution in [0.25, 0.3) is 22.3 Å². The highest BCUT2D eigenvalue weighted by molar-refractivity contribution is 7.08. The van der Waals surface area contributed by atoms with E-state index in [9.17, 15) is 4.79 Å². The number of aromatic nitrogens is 2. The van der Waals surface area contributed by atoms with E-state index in [0.29, 0.717) is 19.0 Å². The first kappa shape index (κ1) is 17.3. The molecule has 25 heavy (non-hydrogen) atoms. The number of carbonyl (C=O) groups is 1. The van der Waals surface area contributed by atoms with Gasteiger partial charge in [0.25, 0.3) is 0 Å². The fraction of sp³-hybridized carbons (Fsp3) is 0.278. The minimum Gasteiger partial charge on any atom is -0.383 e. The van der Waals surface area contributed by atoms with Crippen LogP contribution in [-0.4, -0.2) is 49.7 Å². The standard InChI is InChI=1S/C18H20N4O2S/c1-22(11-16(23)19-8-9-24-2)18-14-5-3-4-6-15(14)20-17(21-18)13-7-10-25-12-13/h3-7,10,12H,8-9,11H2,1-2H3,(H,19,23). The highest BCUT2D eigenvalue weighted by Crippen LogP contribution is 2.27. The van der Waals surface area contributed by atoms with Crippen molar-refractivity contribution in [3.63, 3.8) is 0 Å². The molecule has 7 heteroatoms. The van der Waals surface area contributed by atoms with Crippen molar-refractivity contribution in [2.45, 2.75) is 0 Å².